The molecule has 1 aliphatic rings. The lowest BCUT2D eigenvalue weighted by Gasteiger charge is -2.20. The summed E-state index contributed by atoms with van der Waals surface area (Å²) < 4.78 is 0. The molecule has 3 aromatic carbocycles. The third-order valence-electron chi connectivity index (χ3n) is 4.85. The van der Waals surface area contributed by atoms with Gasteiger partial charge in [0.2, 0.25) is 0 Å². The summed E-state index contributed by atoms with van der Waals surface area (Å²) in [5, 5.41) is 6.97. The maximum absolute atomic E-state index is 4.72. The molecular formula is C23H24ClN3. The number of nitrogens with zero attached hydrogens (tertiary/aromatic N) is 1. The number of aliphatic imine (C=N–C) groups is 1. The molecular weight excluding hydrogens is 354 g/mol. The molecule has 0 saturated carbocycles. The van der Waals surface area contributed by atoms with Crippen molar-refractivity contribution in [1.29, 1.82) is 0 Å². The molecule has 0 bridgehead atoms. The number of benzene rings is 3. The van der Waals surface area contributed by atoms with E-state index in [0.29, 0.717) is 6.54 Å². The summed E-state index contributed by atoms with van der Waals surface area (Å²) >= 11 is 0. The average molecular weight is 378 g/mol. The van der Waals surface area contributed by atoms with Gasteiger partial charge in [-0.15, -0.1) is 12.4 Å². The van der Waals surface area contributed by atoms with E-state index in [1.807, 2.05) is 0 Å². The predicted molar refractivity (Wildman–Crippen MR) is 114 cm³/mol. The van der Waals surface area contributed by atoms with Crippen LogP contribution in [0.25, 0.3) is 0 Å². The van der Waals surface area contributed by atoms with E-state index in [1.54, 1.807) is 0 Å². The van der Waals surface area contributed by atoms with Gasteiger partial charge in [-0.2, -0.15) is 0 Å². The van der Waals surface area contributed by atoms with Gasteiger partial charge in [0.05, 0.1) is 6.54 Å². The molecule has 0 radical (unpaired) electrons. The average Bonchev–Trinajstić information content (AvgIpc) is 2.92. The Morgan fingerprint density at radius 2 is 1.33 bits per heavy atom. The van der Waals surface area contributed by atoms with Crippen LogP contribution in [0.1, 0.15) is 28.2 Å². The van der Waals surface area contributed by atoms with Crippen molar-refractivity contribution in [3.63, 3.8) is 0 Å². The van der Waals surface area contributed by atoms with Crippen molar-refractivity contribution in [2.75, 3.05) is 6.54 Å². The maximum atomic E-state index is 4.72. The molecule has 0 aliphatic carbocycles. The van der Waals surface area contributed by atoms with Gasteiger partial charge < -0.3 is 10.6 Å². The van der Waals surface area contributed by atoms with Gasteiger partial charge in [-0.3, -0.25) is 0 Å². The molecule has 0 amide bonds. The first-order valence-corrected chi connectivity index (χ1v) is 9.09. The Morgan fingerprint density at radius 3 is 1.96 bits per heavy atom. The molecule has 1 heterocycles. The summed E-state index contributed by atoms with van der Waals surface area (Å²) in [6, 6.07) is 29.8. The summed E-state index contributed by atoms with van der Waals surface area (Å²) in [7, 11) is 0. The molecule has 0 fully saturated rings. The smallest absolute Gasteiger partial charge is 0.191 e. The van der Waals surface area contributed by atoms with Gasteiger partial charge in [0.25, 0.3) is 0 Å². The fraction of sp³-hybridized carbons (Fsp3) is 0.174. The molecule has 0 saturated heterocycles. The lowest BCUT2D eigenvalue weighted by molar-refractivity contribution is 0.729. The van der Waals surface area contributed by atoms with Gasteiger partial charge in [-0.05, 0) is 22.3 Å². The SMILES string of the molecule is Cl.c1ccc(C(CNC2=NCc3ccccc3CN2)c2ccccc2)cc1. The molecule has 0 unspecified atom stereocenters. The minimum absolute atomic E-state index is 0. The predicted octanol–water partition coefficient (Wildman–Crippen LogP) is 4.49. The Bertz CT molecular complexity index is 839. The van der Waals surface area contributed by atoms with Gasteiger partial charge >= 0.3 is 0 Å². The molecule has 0 aromatic heterocycles. The second kappa shape index (κ2) is 9.24. The largest absolute Gasteiger partial charge is 0.355 e. The Kier molecular flexibility index (Phi) is 6.50. The van der Waals surface area contributed by atoms with Crippen LogP contribution in [0.3, 0.4) is 0 Å². The first-order valence-electron chi connectivity index (χ1n) is 9.09. The van der Waals surface area contributed by atoms with Crippen molar-refractivity contribution in [1.82, 2.24) is 10.6 Å². The van der Waals surface area contributed by atoms with E-state index in [9.17, 15) is 0 Å². The summed E-state index contributed by atoms with van der Waals surface area (Å²) in [4.78, 5) is 4.72. The number of nitrogens with one attached hydrogen (secondary N) is 2. The van der Waals surface area contributed by atoms with E-state index in [4.69, 9.17) is 4.99 Å². The Hall–Kier alpha value is -2.78. The number of hydrogen-bond donors (Lipinski definition) is 2. The van der Waals surface area contributed by atoms with Crippen LogP contribution < -0.4 is 10.6 Å². The lowest BCUT2D eigenvalue weighted by Crippen LogP contribution is -2.38. The minimum Gasteiger partial charge on any atom is -0.355 e. The normalized spacial score (nSPS) is 12.9. The summed E-state index contributed by atoms with van der Waals surface area (Å²) in [6.07, 6.45) is 0. The van der Waals surface area contributed by atoms with E-state index in [-0.39, 0.29) is 18.3 Å². The van der Waals surface area contributed by atoms with Crippen LogP contribution in [0.2, 0.25) is 0 Å². The number of guanidine groups is 1. The van der Waals surface area contributed by atoms with Crippen LogP contribution in [-0.2, 0) is 13.1 Å². The van der Waals surface area contributed by atoms with Crippen LogP contribution in [0.4, 0.5) is 0 Å². The molecule has 4 heteroatoms. The van der Waals surface area contributed by atoms with Crippen LogP contribution in [-0.4, -0.2) is 12.5 Å². The van der Waals surface area contributed by atoms with Crippen molar-refractivity contribution in [3.05, 3.63) is 107 Å². The van der Waals surface area contributed by atoms with Gasteiger partial charge in [0.1, 0.15) is 0 Å². The summed E-state index contributed by atoms with van der Waals surface area (Å²) in [5.74, 6) is 1.16. The van der Waals surface area contributed by atoms with E-state index in [0.717, 1.165) is 19.0 Å². The highest BCUT2D eigenvalue weighted by atomic mass is 35.5. The first kappa shape index (κ1) is 19.0. The number of hydrogen-bond acceptors (Lipinski definition) is 3. The van der Waals surface area contributed by atoms with E-state index < -0.39 is 0 Å². The number of halogens is 1. The molecule has 3 nitrogen and oxygen atoms in total. The van der Waals surface area contributed by atoms with Crippen molar-refractivity contribution >= 4 is 18.4 Å². The first-order chi connectivity index (χ1) is 12.9. The van der Waals surface area contributed by atoms with Crippen molar-refractivity contribution in [3.8, 4) is 0 Å². The van der Waals surface area contributed by atoms with Gasteiger partial charge in [0, 0.05) is 19.0 Å². The summed E-state index contributed by atoms with van der Waals surface area (Å²) in [6.45, 7) is 2.33. The van der Waals surface area contributed by atoms with Gasteiger partial charge in [-0.25, -0.2) is 4.99 Å². The Balaban J connectivity index is 0.00000210. The lowest BCUT2D eigenvalue weighted by atomic mass is 9.91. The van der Waals surface area contributed by atoms with E-state index >= 15 is 0 Å². The number of fused-ring (bicyclic) bond motifs is 1. The second-order valence-corrected chi connectivity index (χ2v) is 6.54. The summed E-state index contributed by atoms with van der Waals surface area (Å²) in [5.41, 5.74) is 5.22. The van der Waals surface area contributed by atoms with Gasteiger partial charge in [0.15, 0.2) is 5.96 Å². The molecule has 4 rings (SSSR count). The maximum Gasteiger partial charge on any atom is 0.191 e. The Morgan fingerprint density at radius 1 is 0.778 bits per heavy atom. The highest BCUT2D eigenvalue weighted by Gasteiger charge is 2.15. The monoisotopic (exact) mass is 377 g/mol. The van der Waals surface area contributed by atoms with Gasteiger partial charge in [-0.1, -0.05) is 84.9 Å². The second-order valence-electron chi connectivity index (χ2n) is 6.54. The molecule has 2 N–H and O–H groups in total. The van der Waals surface area contributed by atoms with Crippen LogP contribution in [0.15, 0.2) is 89.9 Å². The molecule has 27 heavy (non-hydrogen) atoms. The molecule has 3 aromatic rings. The zero-order valence-electron chi connectivity index (χ0n) is 15.1. The highest BCUT2D eigenvalue weighted by molar-refractivity contribution is 5.85. The standard InChI is InChI=1S/C23H23N3.ClH/c1-3-9-18(10-4-1)22(19-11-5-2-6-12-19)17-26-23-24-15-20-13-7-8-14-21(20)16-25-23;/h1-14,22H,15-17H2,(H2,24,25,26);1H. The minimum atomic E-state index is 0. The molecule has 0 spiro atoms. The number of rotatable bonds is 4. The molecule has 138 valence electrons. The third-order valence-corrected chi connectivity index (χ3v) is 4.85. The van der Waals surface area contributed by atoms with Crippen molar-refractivity contribution in [2.45, 2.75) is 19.0 Å². The van der Waals surface area contributed by atoms with Crippen molar-refractivity contribution in [2.24, 2.45) is 4.99 Å². The fourth-order valence-corrected chi connectivity index (χ4v) is 3.40. The topological polar surface area (TPSA) is 36.4 Å². The Labute approximate surface area is 167 Å². The molecule has 1 aliphatic heterocycles. The van der Waals surface area contributed by atoms with Crippen LogP contribution in [0, 0.1) is 0 Å². The van der Waals surface area contributed by atoms with Crippen LogP contribution >= 0.6 is 12.4 Å². The zero-order valence-corrected chi connectivity index (χ0v) is 16.0. The highest BCUT2D eigenvalue weighted by Crippen LogP contribution is 2.23. The zero-order chi connectivity index (χ0) is 17.6. The quantitative estimate of drug-likeness (QED) is 0.702. The fourth-order valence-electron chi connectivity index (χ4n) is 3.40. The van der Waals surface area contributed by atoms with E-state index in [2.05, 4.69) is 95.6 Å². The molecule has 0 atom stereocenters. The van der Waals surface area contributed by atoms with E-state index in [1.165, 1.54) is 22.3 Å². The third kappa shape index (κ3) is 4.69. The van der Waals surface area contributed by atoms with Crippen molar-refractivity contribution < 1.29 is 0 Å². The van der Waals surface area contributed by atoms with Crippen LogP contribution in [0.5, 0.6) is 0 Å².